The molecule has 1 aromatic carbocycles. The van der Waals surface area contributed by atoms with Crippen molar-refractivity contribution in [1.82, 2.24) is 5.16 Å². The summed E-state index contributed by atoms with van der Waals surface area (Å²) in [6.45, 7) is 7.11. The van der Waals surface area contributed by atoms with E-state index in [2.05, 4.69) is 5.16 Å². The highest BCUT2D eigenvalue weighted by Gasteiger charge is 2.25. The SMILES string of the molecule is Cc1noc(C(C)C)c1C(=O)OCC(=O)c1sc2ccccc2c1C. The van der Waals surface area contributed by atoms with Crippen molar-refractivity contribution in [2.24, 2.45) is 0 Å². The number of ether oxygens (including phenoxy) is 1. The van der Waals surface area contributed by atoms with Gasteiger partial charge in [-0.15, -0.1) is 11.3 Å². The summed E-state index contributed by atoms with van der Waals surface area (Å²) in [5.74, 6) is -0.292. The predicted octanol–water partition coefficient (Wildman–Crippen LogP) is 4.67. The Bertz CT molecular complexity index is 952. The Morgan fingerprint density at radius 1 is 1.24 bits per heavy atom. The molecular weight excluding hydrogens is 338 g/mol. The molecule has 25 heavy (non-hydrogen) atoms. The van der Waals surface area contributed by atoms with Gasteiger partial charge in [-0.25, -0.2) is 4.79 Å². The van der Waals surface area contributed by atoms with Crippen molar-refractivity contribution >= 4 is 33.2 Å². The van der Waals surface area contributed by atoms with Crippen molar-refractivity contribution in [3.8, 4) is 0 Å². The van der Waals surface area contributed by atoms with Gasteiger partial charge >= 0.3 is 5.97 Å². The maximum absolute atomic E-state index is 12.5. The van der Waals surface area contributed by atoms with E-state index in [-0.39, 0.29) is 18.3 Å². The molecule has 0 radical (unpaired) electrons. The van der Waals surface area contributed by atoms with Gasteiger partial charge in [-0.2, -0.15) is 0 Å². The van der Waals surface area contributed by atoms with Crippen molar-refractivity contribution in [2.75, 3.05) is 6.61 Å². The van der Waals surface area contributed by atoms with Gasteiger partial charge in [0.25, 0.3) is 0 Å². The first-order valence-electron chi connectivity index (χ1n) is 8.04. The van der Waals surface area contributed by atoms with E-state index < -0.39 is 5.97 Å². The number of nitrogens with zero attached hydrogens (tertiary/aromatic N) is 1. The summed E-state index contributed by atoms with van der Waals surface area (Å²) in [5, 5.41) is 4.88. The number of aryl methyl sites for hydroxylation is 2. The number of benzene rings is 1. The number of Topliss-reactive ketones (excluding diaryl/α,β-unsaturated/α-hetero) is 1. The molecule has 0 atom stereocenters. The number of carbonyl (C=O) groups is 2. The van der Waals surface area contributed by atoms with Crippen LogP contribution in [-0.2, 0) is 4.74 Å². The van der Waals surface area contributed by atoms with Crippen LogP contribution in [0.2, 0.25) is 0 Å². The van der Waals surface area contributed by atoms with Crippen molar-refractivity contribution in [3.05, 3.63) is 51.7 Å². The van der Waals surface area contributed by atoms with Gasteiger partial charge in [0.05, 0.1) is 10.6 Å². The van der Waals surface area contributed by atoms with Crippen molar-refractivity contribution < 1.29 is 18.8 Å². The van der Waals surface area contributed by atoms with Gasteiger partial charge in [0.2, 0.25) is 5.78 Å². The van der Waals surface area contributed by atoms with Gasteiger partial charge in [-0.1, -0.05) is 37.2 Å². The topological polar surface area (TPSA) is 69.4 Å². The summed E-state index contributed by atoms with van der Waals surface area (Å²) in [5.41, 5.74) is 1.71. The molecule has 0 aliphatic rings. The molecule has 2 heterocycles. The molecule has 3 rings (SSSR count). The first kappa shape index (κ1) is 17.4. The Morgan fingerprint density at radius 3 is 2.64 bits per heavy atom. The quantitative estimate of drug-likeness (QED) is 0.490. The highest BCUT2D eigenvalue weighted by atomic mass is 32.1. The van der Waals surface area contributed by atoms with Crippen LogP contribution < -0.4 is 0 Å². The van der Waals surface area contributed by atoms with Gasteiger partial charge in [0.15, 0.2) is 12.4 Å². The van der Waals surface area contributed by atoms with Crippen LogP contribution in [0.15, 0.2) is 28.8 Å². The molecule has 0 aliphatic carbocycles. The van der Waals surface area contributed by atoms with Crippen molar-refractivity contribution in [2.45, 2.75) is 33.6 Å². The zero-order valence-electron chi connectivity index (χ0n) is 14.6. The third kappa shape index (κ3) is 3.22. The number of esters is 1. The van der Waals surface area contributed by atoms with Crippen LogP contribution in [0.1, 0.15) is 56.8 Å². The van der Waals surface area contributed by atoms with E-state index in [0.29, 0.717) is 21.9 Å². The Hall–Kier alpha value is -2.47. The van der Waals surface area contributed by atoms with Crippen LogP contribution in [0.4, 0.5) is 0 Å². The Morgan fingerprint density at radius 2 is 1.96 bits per heavy atom. The van der Waals surface area contributed by atoms with Gasteiger partial charge < -0.3 is 9.26 Å². The minimum Gasteiger partial charge on any atom is -0.454 e. The minimum absolute atomic E-state index is 0.00397. The normalized spacial score (nSPS) is 11.2. The molecule has 6 heteroatoms. The van der Waals surface area contributed by atoms with Crippen LogP contribution in [0.3, 0.4) is 0 Å². The zero-order valence-corrected chi connectivity index (χ0v) is 15.4. The third-order valence-electron chi connectivity index (χ3n) is 4.05. The molecule has 0 N–H and O–H groups in total. The van der Waals surface area contributed by atoms with E-state index in [0.717, 1.165) is 15.6 Å². The molecule has 0 fully saturated rings. The lowest BCUT2D eigenvalue weighted by Crippen LogP contribution is -2.15. The number of hydrogen-bond donors (Lipinski definition) is 0. The number of carbonyl (C=O) groups excluding carboxylic acids is 2. The number of hydrogen-bond acceptors (Lipinski definition) is 6. The third-order valence-corrected chi connectivity index (χ3v) is 5.36. The summed E-state index contributed by atoms with van der Waals surface area (Å²) in [6.07, 6.45) is 0. The number of rotatable bonds is 5. The molecule has 0 saturated carbocycles. The number of aromatic nitrogens is 1. The van der Waals surface area contributed by atoms with Gasteiger partial charge in [0.1, 0.15) is 5.56 Å². The maximum atomic E-state index is 12.5. The van der Waals surface area contributed by atoms with Crippen LogP contribution in [0.25, 0.3) is 10.1 Å². The van der Waals surface area contributed by atoms with E-state index >= 15 is 0 Å². The second-order valence-electron chi connectivity index (χ2n) is 6.21. The second-order valence-corrected chi connectivity index (χ2v) is 7.27. The molecule has 0 aliphatic heterocycles. The highest BCUT2D eigenvalue weighted by molar-refractivity contribution is 7.21. The lowest BCUT2D eigenvalue weighted by Gasteiger charge is -2.06. The molecule has 3 aromatic rings. The van der Waals surface area contributed by atoms with Crippen molar-refractivity contribution in [3.63, 3.8) is 0 Å². The van der Waals surface area contributed by atoms with E-state index in [9.17, 15) is 9.59 Å². The highest BCUT2D eigenvalue weighted by Crippen LogP contribution is 2.31. The second kappa shape index (κ2) is 6.80. The lowest BCUT2D eigenvalue weighted by atomic mass is 10.1. The average molecular weight is 357 g/mol. The lowest BCUT2D eigenvalue weighted by molar-refractivity contribution is 0.0472. The van der Waals surface area contributed by atoms with Crippen LogP contribution >= 0.6 is 11.3 Å². The summed E-state index contributed by atoms with van der Waals surface area (Å²) >= 11 is 1.42. The first-order valence-corrected chi connectivity index (χ1v) is 8.86. The first-order chi connectivity index (χ1) is 11.9. The summed E-state index contributed by atoms with van der Waals surface area (Å²) in [6, 6.07) is 7.84. The largest absolute Gasteiger partial charge is 0.454 e. The Labute approximate surface area is 149 Å². The fraction of sp³-hybridized carbons (Fsp3) is 0.316. The monoisotopic (exact) mass is 357 g/mol. The number of ketones is 1. The number of thiophene rings is 1. The Balaban J connectivity index is 1.77. The molecule has 130 valence electrons. The van der Waals surface area contributed by atoms with E-state index in [1.54, 1.807) is 6.92 Å². The molecule has 5 nitrogen and oxygen atoms in total. The molecule has 0 amide bonds. The van der Waals surface area contributed by atoms with Crippen LogP contribution in [0.5, 0.6) is 0 Å². The molecule has 2 aromatic heterocycles. The van der Waals surface area contributed by atoms with E-state index in [1.807, 2.05) is 45.0 Å². The standard InChI is InChI=1S/C19H19NO4S/c1-10(2)17-16(12(4)20-24-17)19(22)23-9-14(21)18-11(3)13-7-5-6-8-15(13)25-18/h5-8,10H,9H2,1-4H3. The smallest absolute Gasteiger partial charge is 0.344 e. The Kier molecular flexibility index (Phi) is 4.72. The fourth-order valence-electron chi connectivity index (χ4n) is 2.74. The summed E-state index contributed by atoms with van der Waals surface area (Å²) in [7, 11) is 0. The minimum atomic E-state index is -0.574. The predicted molar refractivity (Wildman–Crippen MR) is 96.5 cm³/mol. The van der Waals surface area contributed by atoms with E-state index in [1.165, 1.54) is 11.3 Å². The van der Waals surface area contributed by atoms with Gasteiger partial charge in [-0.05, 0) is 30.9 Å². The van der Waals surface area contributed by atoms with Crippen molar-refractivity contribution in [1.29, 1.82) is 0 Å². The molecule has 0 bridgehead atoms. The maximum Gasteiger partial charge on any atom is 0.344 e. The summed E-state index contributed by atoms with van der Waals surface area (Å²) in [4.78, 5) is 25.5. The zero-order chi connectivity index (χ0) is 18.1. The molecule has 0 unspecified atom stereocenters. The van der Waals surface area contributed by atoms with Gasteiger partial charge in [-0.3, -0.25) is 4.79 Å². The summed E-state index contributed by atoms with van der Waals surface area (Å²) < 4.78 is 11.5. The van der Waals surface area contributed by atoms with E-state index in [4.69, 9.17) is 9.26 Å². The average Bonchev–Trinajstić information content (AvgIpc) is 3.13. The molecule has 0 spiro atoms. The fourth-order valence-corrected chi connectivity index (χ4v) is 3.87. The van der Waals surface area contributed by atoms with Crippen LogP contribution in [0, 0.1) is 13.8 Å². The molecular formula is C19H19NO4S. The number of fused-ring (bicyclic) bond motifs is 1. The molecule has 0 saturated heterocycles. The van der Waals surface area contributed by atoms with Gasteiger partial charge in [0, 0.05) is 10.6 Å². The van der Waals surface area contributed by atoms with Crippen LogP contribution in [-0.4, -0.2) is 23.5 Å².